The van der Waals surface area contributed by atoms with E-state index in [-0.39, 0.29) is 35.5 Å². The maximum absolute atomic E-state index is 12.8. The number of carboxylic acids is 1. The van der Waals surface area contributed by atoms with Crippen molar-refractivity contribution in [3.63, 3.8) is 0 Å². The molecule has 1 aromatic carbocycles. The summed E-state index contributed by atoms with van der Waals surface area (Å²) >= 11 is 0. The lowest BCUT2D eigenvalue weighted by molar-refractivity contribution is -0.138. The third kappa shape index (κ3) is 3.92. The van der Waals surface area contributed by atoms with E-state index in [0.717, 1.165) is 12.5 Å². The number of hydrogen-bond acceptors (Lipinski definition) is 4. The number of amides is 1. The molecule has 1 amide bonds. The van der Waals surface area contributed by atoms with Gasteiger partial charge < -0.3 is 14.8 Å². The number of anilines is 1. The van der Waals surface area contributed by atoms with Crippen molar-refractivity contribution < 1.29 is 32.3 Å². The van der Waals surface area contributed by atoms with Crippen LogP contribution in [0.1, 0.15) is 33.8 Å². The number of halogens is 3. The number of carbonyl (C=O) groups excluding carboxylic acids is 1. The van der Waals surface area contributed by atoms with E-state index in [1.165, 1.54) is 19.1 Å². The van der Waals surface area contributed by atoms with Gasteiger partial charge in [0.25, 0.3) is 0 Å². The Morgan fingerprint density at radius 1 is 1.33 bits per heavy atom. The van der Waals surface area contributed by atoms with E-state index in [2.05, 4.69) is 10.3 Å². The second-order valence-corrected chi connectivity index (χ2v) is 4.95. The standard InChI is InChI=1S/C15H13F3N2O4/c1-8-9(15(16,17)18)3-2-4-10(8)20-12(21)6-5-11-13(14(22)23)19-7-24-11/h2-4,7H,5-6H2,1H3,(H,20,21)(H,22,23). The lowest BCUT2D eigenvalue weighted by atomic mass is 10.1. The molecule has 2 N–H and O–H groups in total. The highest BCUT2D eigenvalue weighted by molar-refractivity contribution is 5.92. The van der Waals surface area contributed by atoms with Crippen LogP contribution >= 0.6 is 0 Å². The number of alkyl halides is 3. The number of nitrogens with one attached hydrogen (secondary N) is 1. The monoisotopic (exact) mass is 342 g/mol. The molecule has 0 saturated heterocycles. The molecule has 0 fully saturated rings. The van der Waals surface area contributed by atoms with Crippen molar-refractivity contribution in [3.8, 4) is 0 Å². The van der Waals surface area contributed by atoms with E-state index in [4.69, 9.17) is 9.52 Å². The molecule has 2 rings (SSSR count). The van der Waals surface area contributed by atoms with E-state index in [9.17, 15) is 22.8 Å². The van der Waals surface area contributed by atoms with Gasteiger partial charge in [0.15, 0.2) is 12.1 Å². The van der Waals surface area contributed by atoms with Crippen LogP contribution in [-0.2, 0) is 17.4 Å². The summed E-state index contributed by atoms with van der Waals surface area (Å²) in [6.07, 6.45) is -3.76. The van der Waals surface area contributed by atoms with Crippen LogP contribution in [0.15, 0.2) is 29.0 Å². The second kappa shape index (κ2) is 6.73. The van der Waals surface area contributed by atoms with Crippen LogP contribution in [0.5, 0.6) is 0 Å². The van der Waals surface area contributed by atoms with E-state index in [1.807, 2.05) is 0 Å². The first kappa shape index (κ1) is 17.5. The van der Waals surface area contributed by atoms with Gasteiger partial charge in [-0.05, 0) is 24.6 Å². The molecule has 0 spiro atoms. The molecule has 0 unspecified atom stereocenters. The molecule has 0 radical (unpaired) electrons. The number of carbonyl (C=O) groups is 2. The maximum atomic E-state index is 12.8. The maximum Gasteiger partial charge on any atom is 0.416 e. The van der Waals surface area contributed by atoms with Crippen LogP contribution in [0.4, 0.5) is 18.9 Å². The van der Waals surface area contributed by atoms with Gasteiger partial charge in [-0.25, -0.2) is 9.78 Å². The smallest absolute Gasteiger partial charge is 0.416 e. The topological polar surface area (TPSA) is 92.4 Å². The van der Waals surface area contributed by atoms with E-state index in [1.54, 1.807) is 0 Å². The average molecular weight is 342 g/mol. The molecule has 1 heterocycles. The van der Waals surface area contributed by atoms with Crippen LogP contribution in [0.25, 0.3) is 0 Å². The van der Waals surface area contributed by atoms with Crippen LogP contribution in [0.2, 0.25) is 0 Å². The summed E-state index contributed by atoms with van der Waals surface area (Å²) in [5.74, 6) is -1.82. The number of aryl methyl sites for hydroxylation is 1. The largest absolute Gasteiger partial charge is 0.476 e. The third-order valence-electron chi connectivity index (χ3n) is 3.34. The molecule has 0 saturated carbocycles. The molecular formula is C15H13F3N2O4. The number of aromatic nitrogens is 1. The number of nitrogens with zero attached hydrogens (tertiary/aromatic N) is 1. The van der Waals surface area contributed by atoms with Crippen molar-refractivity contribution in [2.75, 3.05) is 5.32 Å². The van der Waals surface area contributed by atoms with Gasteiger partial charge >= 0.3 is 12.1 Å². The molecule has 0 aliphatic rings. The number of hydrogen-bond donors (Lipinski definition) is 2. The third-order valence-corrected chi connectivity index (χ3v) is 3.34. The summed E-state index contributed by atoms with van der Waals surface area (Å²) in [4.78, 5) is 26.3. The summed E-state index contributed by atoms with van der Waals surface area (Å²) < 4.78 is 43.4. The molecule has 9 heteroatoms. The zero-order valence-electron chi connectivity index (χ0n) is 12.5. The van der Waals surface area contributed by atoms with Crippen LogP contribution in [0.3, 0.4) is 0 Å². The molecule has 128 valence electrons. The minimum absolute atomic E-state index is 0.0263. The second-order valence-electron chi connectivity index (χ2n) is 4.95. The molecule has 6 nitrogen and oxygen atoms in total. The summed E-state index contributed by atoms with van der Waals surface area (Å²) in [7, 11) is 0. The minimum atomic E-state index is -4.51. The predicted molar refractivity (Wildman–Crippen MR) is 76.6 cm³/mol. The summed E-state index contributed by atoms with van der Waals surface area (Å²) in [5.41, 5.74) is -1.17. The van der Waals surface area contributed by atoms with Gasteiger partial charge in [-0.15, -0.1) is 0 Å². The Morgan fingerprint density at radius 2 is 2.04 bits per heavy atom. The van der Waals surface area contributed by atoms with E-state index in [0.29, 0.717) is 0 Å². The molecule has 0 bridgehead atoms. The molecule has 2 aromatic rings. The molecule has 0 aliphatic carbocycles. The Kier molecular flexibility index (Phi) is 4.91. The lowest BCUT2D eigenvalue weighted by Crippen LogP contribution is -2.16. The lowest BCUT2D eigenvalue weighted by Gasteiger charge is -2.14. The zero-order chi connectivity index (χ0) is 17.9. The van der Waals surface area contributed by atoms with Gasteiger partial charge in [-0.3, -0.25) is 4.79 Å². The molecule has 1 aromatic heterocycles. The highest BCUT2D eigenvalue weighted by Gasteiger charge is 2.33. The van der Waals surface area contributed by atoms with Crippen LogP contribution in [0, 0.1) is 6.92 Å². The van der Waals surface area contributed by atoms with Gasteiger partial charge in [-0.1, -0.05) is 6.07 Å². The van der Waals surface area contributed by atoms with E-state index < -0.39 is 23.6 Å². The summed E-state index contributed by atoms with van der Waals surface area (Å²) in [6.45, 7) is 1.26. The Bertz CT molecular complexity index is 768. The van der Waals surface area contributed by atoms with Gasteiger partial charge in [0.2, 0.25) is 5.91 Å². The normalized spacial score (nSPS) is 11.3. The number of aromatic carboxylic acids is 1. The Balaban J connectivity index is 2.05. The van der Waals surface area contributed by atoms with Crippen molar-refractivity contribution >= 4 is 17.6 Å². The van der Waals surface area contributed by atoms with Crippen LogP contribution in [-0.4, -0.2) is 22.0 Å². The van der Waals surface area contributed by atoms with Gasteiger partial charge in [0, 0.05) is 18.5 Å². The quantitative estimate of drug-likeness (QED) is 0.870. The fourth-order valence-electron chi connectivity index (χ4n) is 2.14. The minimum Gasteiger partial charge on any atom is -0.476 e. The van der Waals surface area contributed by atoms with E-state index >= 15 is 0 Å². The van der Waals surface area contributed by atoms with Crippen LogP contribution < -0.4 is 5.32 Å². The molecule has 0 aliphatic heterocycles. The first-order chi connectivity index (χ1) is 11.2. The Labute approximate surface area is 134 Å². The number of rotatable bonds is 5. The Hall–Kier alpha value is -2.84. The average Bonchev–Trinajstić information content (AvgIpc) is 2.95. The zero-order valence-corrected chi connectivity index (χ0v) is 12.5. The summed E-state index contributed by atoms with van der Waals surface area (Å²) in [5, 5.41) is 11.3. The highest BCUT2D eigenvalue weighted by atomic mass is 19.4. The fraction of sp³-hybridized carbons (Fsp3) is 0.267. The summed E-state index contributed by atoms with van der Waals surface area (Å²) in [6, 6.07) is 3.49. The number of benzene rings is 1. The highest BCUT2D eigenvalue weighted by Crippen LogP contribution is 2.34. The van der Waals surface area contributed by atoms with Crippen molar-refractivity contribution in [1.29, 1.82) is 0 Å². The van der Waals surface area contributed by atoms with Crippen molar-refractivity contribution in [3.05, 3.63) is 47.2 Å². The SMILES string of the molecule is Cc1c(NC(=O)CCc2ocnc2C(=O)O)cccc1C(F)(F)F. The van der Waals surface area contributed by atoms with Gasteiger partial charge in [0.1, 0.15) is 5.76 Å². The Morgan fingerprint density at radius 3 is 2.67 bits per heavy atom. The van der Waals surface area contributed by atoms with Gasteiger partial charge in [0.05, 0.1) is 5.56 Å². The molecule has 0 atom stereocenters. The fourth-order valence-corrected chi connectivity index (χ4v) is 2.14. The number of carboxylic acid groups (broad SMARTS) is 1. The first-order valence-electron chi connectivity index (χ1n) is 6.82. The first-order valence-corrected chi connectivity index (χ1v) is 6.82. The predicted octanol–water partition coefficient (Wildman–Crippen LogP) is 3.27. The van der Waals surface area contributed by atoms with Crippen molar-refractivity contribution in [1.82, 2.24) is 4.98 Å². The van der Waals surface area contributed by atoms with Crippen molar-refractivity contribution in [2.24, 2.45) is 0 Å². The van der Waals surface area contributed by atoms with Crippen molar-refractivity contribution in [2.45, 2.75) is 25.9 Å². The number of oxazole rings is 1. The molecule has 24 heavy (non-hydrogen) atoms. The van der Waals surface area contributed by atoms with Gasteiger partial charge in [-0.2, -0.15) is 13.2 Å². The molecular weight excluding hydrogens is 329 g/mol.